The van der Waals surface area contributed by atoms with Crippen molar-refractivity contribution in [3.05, 3.63) is 23.1 Å². The molecule has 0 amide bonds. The molecule has 40 valence electrons. The molecular weight excluding hydrogens is 161 g/mol. The first-order valence-corrected chi connectivity index (χ1v) is 6.07. The standard InChI is InChI=1S/C6H6GeO/c8-6-7-4-2-1-3-5-7/h1-6H. The van der Waals surface area contributed by atoms with E-state index in [4.69, 9.17) is 0 Å². The molecule has 1 rings (SSSR count). The Balaban J connectivity index is 2.82. The normalized spacial score (nSPS) is 15.8. The fourth-order valence-electron chi connectivity index (χ4n) is 0.532. The Labute approximate surface area is 52.3 Å². The summed E-state index contributed by atoms with van der Waals surface area (Å²) < 4.78 is 0. The molecule has 1 aliphatic rings. The van der Waals surface area contributed by atoms with Crippen LogP contribution in [-0.2, 0) is 4.79 Å². The molecule has 0 aromatic heterocycles. The zero-order chi connectivity index (χ0) is 5.82. The van der Waals surface area contributed by atoms with Gasteiger partial charge in [-0.25, -0.2) is 0 Å². The predicted octanol–water partition coefficient (Wildman–Crippen LogP) is 0.302. The van der Waals surface area contributed by atoms with Crippen molar-refractivity contribution >= 4 is 23.9 Å². The summed E-state index contributed by atoms with van der Waals surface area (Å²) in [5.41, 5.74) is 0. The minimum atomic E-state index is -1.42. The van der Waals surface area contributed by atoms with E-state index in [0.29, 0.717) is 0 Å². The topological polar surface area (TPSA) is 17.1 Å². The third-order valence-corrected chi connectivity index (χ3v) is 3.93. The molecule has 0 N–H and O–H groups in total. The van der Waals surface area contributed by atoms with Crippen LogP contribution in [0.5, 0.6) is 0 Å². The molecule has 0 saturated carbocycles. The minimum absolute atomic E-state index is 1.08. The van der Waals surface area contributed by atoms with Crippen LogP contribution in [0.4, 0.5) is 0 Å². The molecule has 0 fully saturated rings. The van der Waals surface area contributed by atoms with Crippen LogP contribution in [0.1, 0.15) is 0 Å². The van der Waals surface area contributed by atoms with E-state index >= 15 is 0 Å². The maximum absolute atomic E-state index is 10.1. The second kappa shape index (κ2) is 2.77. The van der Waals surface area contributed by atoms with Gasteiger partial charge in [0.1, 0.15) is 0 Å². The van der Waals surface area contributed by atoms with Gasteiger partial charge in [-0.15, -0.1) is 0 Å². The van der Waals surface area contributed by atoms with Gasteiger partial charge in [-0.1, -0.05) is 0 Å². The molecule has 0 radical (unpaired) electrons. The quantitative estimate of drug-likeness (QED) is 0.405. The predicted molar refractivity (Wildman–Crippen MR) is 36.8 cm³/mol. The molecule has 0 aromatic rings. The summed E-state index contributed by atoms with van der Waals surface area (Å²) in [6.45, 7) is 0. The SMILES string of the molecule is O=[CH][Ge]1=[CH]C=CC=[CH]1. The second-order valence-electron chi connectivity index (χ2n) is 1.53. The summed E-state index contributed by atoms with van der Waals surface area (Å²) in [4.78, 5) is 14.2. The molecule has 0 unspecified atom stereocenters. The van der Waals surface area contributed by atoms with Crippen molar-refractivity contribution in [1.82, 2.24) is 0 Å². The van der Waals surface area contributed by atoms with Gasteiger partial charge in [-0.2, -0.15) is 0 Å². The molecule has 8 heavy (non-hydrogen) atoms. The summed E-state index contributed by atoms with van der Waals surface area (Å²) in [5, 5.41) is 1.08. The summed E-state index contributed by atoms with van der Waals surface area (Å²) >= 11 is -1.42. The van der Waals surface area contributed by atoms with E-state index in [1.807, 2.05) is 28.0 Å². The Morgan fingerprint density at radius 3 is 2.50 bits per heavy atom. The van der Waals surface area contributed by atoms with Crippen LogP contribution < -0.4 is 0 Å². The van der Waals surface area contributed by atoms with E-state index in [9.17, 15) is 4.79 Å². The molecular formula is C6H6GeO. The van der Waals surface area contributed by atoms with E-state index < -0.39 is 13.9 Å². The van der Waals surface area contributed by atoms with Crippen LogP contribution in [0, 0.1) is 0 Å². The van der Waals surface area contributed by atoms with Crippen LogP contribution in [-0.4, -0.2) is 23.9 Å². The second-order valence-corrected chi connectivity index (χ2v) is 5.52. The Hall–Kier alpha value is -0.437. The Morgan fingerprint density at radius 1 is 1.25 bits per heavy atom. The molecule has 0 bridgehead atoms. The third-order valence-electron chi connectivity index (χ3n) is 0.936. The molecule has 2 heteroatoms. The molecule has 0 spiro atoms. The number of allylic oxidation sites excluding steroid dienone is 3. The van der Waals surface area contributed by atoms with Crippen LogP contribution in [0.15, 0.2) is 23.1 Å². The van der Waals surface area contributed by atoms with Gasteiger partial charge < -0.3 is 0 Å². The Kier molecular flexibility index (Phi) is 1.97. The van der Waals surface area contributed by atoms with Crippen molar-refractivity contribution in [1.29, 1.82) is 0 Å². The zero-order valence-electron chi connectivity index (χ0n) is 4.37. The molecule has 0 aromatic carbocycles. The molecule has 0 aliphatic carbocycles. The Bertz CT molecular complexity index is 177. The average Bonchev–Trinajstić information content (AvgIpc) is 1.90. The van der Waals surface area contributed by atoms with Crippen LogP contribution in [0.25, 0.3) is 0 Å². The first kappa shape index (κ1) is 5.70. The fraction of sp³-hybridized carbons (Fsp3) is 0. The summed E-state index contributed by atoms with van der Waals surface area (Å²) in [6.07, 6.45) is 5.84. The summed E-state index contributed by atoms with van der Waals surface area (Å²) in [5.74, 6) is 0. The maximum atomic E-state index is 10.1. The van der Waals surface area contributed by atoms with Gasteiger partial charge in [0, 0.05) is 0 Å². The van der Waals surface area contributed by atoms with E-state index in [-0.39, 0.29) is 0 Å². The van der Waals surface area contributed by atoms with Crippen LogP contribution >= 0.6 is 0 Å². The first-order valence-electron chi connectivity index (χ1n) is 2.44. The van der Waals surface area contributed by atoms with Crippen molar-refractivity contribution in [2.45, 2.75) is 0 Å². The van der Waals surface area contributed by atoms with Crippen molar-refractivity contribution in [2.75, 3.05) is 0 Å². The molecule has 1 heterocycles. The van der Waals surface area contributed by atoms with E-state index in [1.165, 1.54) is 0 Å². The number of hydrogen-bond acceptors (Lipinski definition) is 1. The number of hydrogen-bond donors (Lipinski definition) is 0. The number of rotatable bonds is 1. The zero-order valence-corrected chi connectivity index (χ0v) is 6.47. The molecule has 1 aliphatic heterocycles. The van der Waals surface area contributed by atoms with Crippen molar-refractivity contribution < 1.29 is 4.79 Å². The number of carbonyl (C=O) groups excluding carboxylic acids is 1. The average molecular weight is 167 g/mol. The van der Waals surface area contributed by atoms with Crippen molar-refractivity contribution in [3.8, 4) is 0 Å². The van der Waals surface area contributed by atoms with E-state index in [2.05, 4.69) is 0 Å². The third kappa shape index (κ3) is 1.27. The van der Waals surface area contributed by atoms with Gasteiger partial charge in [0.25, 0.3) is 0 Å². The van der Waals surface area contributed by atoms with Gasteiger partial charge >= 0.3 is 51.8 Å². The van der Waals surface area contributed by atoms with E-state index in [1.54, 1.807) is 0 Å². The van der Waals surface area contributed by atoms with Gasteiger partial charge in [0.2, 0.25) is 0 Å². The fourth-order valence-corrected chi connectivity index (χ4v) is 2.49. The molecule has 0 atom stereocenters. The van der Waals surface area contributed by atoms with Crippen molar-refractivity contribution in [2.24, 2.45) is 0 Å². The summed E-state index contributed by atoms with van der Waals surface area (Å²) in [6, 6.07) is 0. The van der Waals surface area contributed by atoms with Crippen molar-refractivity contribution in [3.63, 3.8) is 0 Å². The number of carbonyl (C=O) groups is 1. The van der Waals surface area contributed by atoms with E-state index in [0.717, 1.165) is 5.12 Å². The van der Waals surface area contributed by atoms with Gasteiger partial charge in [-0.3, -0.25) is 0 Å². The summed E-state index contributed by atoms with van der Waals surface area (Å²) in [7, 11) is 0. The molecule has 0 saturated heterocycles. The Morgan fingerprint density at radius 2 is 2.12 bits per heavy atom. The van der Waals surface area contributed by atoms with Gasteiger partial charge in [0.05, 0.1) is 0 Å². The van der Waals surface area contributed by atoms with Gasteiger partial charge in [0.15, 0.2) is 0 Å². The van der Waals surface area contributed by atoms with Crippen LogP contribution in [0.3, 0.4) is 0 Å². The monoisotopic (exact) mass is 168 g/mol. The first-order chi connectivity index (χ1) is 3.93. The van der Waals surface area contributed by atoms with Crippen LogP contribution in [0.2, 0.25) is 0 Å². The van der Waals surface area contributed by atoms with Gasteiger partial charge in [-0.05, 0) is 0 Å². The molecule has 1 nitrogen and oxygen atoms in total.